The lowest BCUT2D eigenvalue weighted by molar-refractivity contribution is -0.119. The van der Waals surface area contributed by atoms with Gasteiger partial charge in [-0.05, 0) is 11.4 Å². The second-order valence-electron chi connectivity index (χ2n) is 2.82. The number of rotatable bonds is 5. The second-order valence-corrected chi connectivity index (χ2v) is 4.87. The molecule has 1 heterocycles. The third-order valence-electron chi connectivity index (χ3n) is 1.56. The third kappa shape index (κ3) is 4.65. The van der Waals surface area contributed by atoms with Crippen LogP contribution in [0.25, 0.3) is 0 Å². The van der Waals surface area contributed by atoms with Crippen LogP contribution in [0.15, 0.2) is 17.5 Å². The van der Waals surface area contributed by atoms with Gasteiger partial charge in [0.25, 0.3) is 5.91 Å². The molecule has 1 rings (SSSR count). The minimum Gasteiger partial charge on any atom is -0.330 e. The van der Waals surface area contributed by atoms with Crippen LogP contribution >= 0.6 is 23.1 Å². The zero-order valence-electron chi connectivity index (χ0n) is 8.56. The summed E-state index contributed by atoms with van der Waals surface area (Å²) in [5, 5.41) is 1.80. The van der Waals surface area contributed by atoms with Crippen molar-refractivity contribution >= 4 is 34.9 Å². The van der Waals surface area contributed by atoms with E-state index in [1.807, 2.05) is 0 Å². The van der Waals surface area contributed by atoms with Crippen molar-refractivity contribution in [2.24, 2.45) is 5.73 Å². The fraction of sp³-hybridized carbons (Fsp3) is 0.333. The first-order valence-electron chi connectivity index (χ1n) is 4.64. The number of carbonyl (C=O) groups excluding carboxylic acids is 2. The molecule has 0 atom stereocenters. The van der Waals surface area contributed by atoms with Crippen LogP contribution < -0.4 is 16.6 Å². The lowest BCUT2D eigenvalue weighted by Crippen LogP contribution is -2.42. The minimum atomic E-state index is -0.299. The van der Waals surface area contributed by atoms with Gasteiger partial charge in [-0.3, -0.25) is 20.4 Å². The summed E-state index contributed by atoms with van der Waals surface area (Å²) in [5.41, 5.74) is 9.96. The van der Waals surface area contributed by atoms with E-state index in [0.29, 0.717) is 17.2 Å². The molecule has 0 fully saturated rings. The van der Waals surface area contributed by atoms with Gasteiger partial charge in [-0.1, -0.05) is 6.07 Å². The van der Waals surface area contributed by atoms with E-state index in [2.05, 4.69) is 10.9 Å². The topological polar surface area (TPSA) is 84.2 Å². The maximum Gasteiger partial charge on any atom is 0.279 e. The van der Waals surface area contributed by atoms with Crippen LogP contribution in [-0.4, -0.2) is 29.9 Å². The number of nitrogens with one attached hydrogen (secondary N) is 2. The molecule has 4 N–H and O–H groups in total. The zero-order valence-corrected chi connectivity index (χ0v) is 10.2. The number of hydrazine groups is 1. The number of thioether (sulfide) groups is 1. The number of thiophene rings is 1. The van der Waals surface area contributed by atoms with Crippen molar-refractivity contribution in [1.29, 1.82) is 0 Å². The van der Waals surface area contributed by atoms with Gasteiger partial charge >= 0.3 is 0 Å². The molecule has 7 heteroatoms. The number of amides is 2. The molecule has 0 unspecified atom stereocenters. The lowest BCUT2D eigenvalue weighted by Gasteiger charge is -2.05. The Morgan fingerprint density at radius 3 is 2.88 bits per heavy atom. The van der Waals surface area contributed by atoms with Gasteiger partial charge in [0.1, 0.15) is 0 Å². The zero-order chi connectivity index (χ0) is 11.8. The first kappa shape index (κ1) is 13.0. The molecule has 0 saturated heterocycles. The maximum absolute atomic E-state index is 11.4. The summed E-state index contributed by atoms with van der Waals surface area (Å²) >= 11 is 2.74. The molecule has 0 aliphatic carbocycles. The van der Waals surface area contributed by atoms with E-state index in [1.165, 1.54) is 23.1 Å². The van der Waals surface area contributed by atoms with Gasteiger partial charge in [-0.15, -0.1) is 11.3 Å². The van der Waals surface area contributed by atoms with Crippen LogP contribution in [0.5, 0.6) is 0 Å². The molecule has 16 heavy (non-hydrogen) atoms. The quantitative estimate of drug-likeness (QED) is 0.521. The first-order chi connectivity index (χ1) is 7.74. The molecule has 0 aliphatic heterocycles. The third-order valence-corrected chi connectivity index (χ3v) is 3.42. The van der Waals surface area contributed by atoms with Gasteiger partial charge in [-0.25, -0.2) is 0 Å². The maximum atomic E-state index is 11.4. The van der Waals surface area contributed by atoms with Crippen molar-refractivity contribution in [1.82, 2.24) is 10.9 Å². The van der Waals surface area contributed by atoms with Gasteiger partial charge in [-0.2, -0.15) is 11.8 Å². The number of hydrogen-bond acceptors (Lipinski definition) is 5. The van der Waals surface area contributed by atoms with Crippen LogP contribution in [-0.2, 0) is 4.79 Å². The summed E-state index contributed by atoms with van der Waals surface area (Å²) in [4.78, 5) is 23.2. The average molecular weight is 259 g/mol. The number of nitrogens with two attached hydrogens (primary N) is 1. The fourth-order valence-electron chi connectivity index (χ4n) is 0.880. The number of hydrogen-bond donors (Lipinski definition) is 3. The fourth-order valence-corrected chi connectivity index (χ4v) is 2.07. The predicted octanol–water partition coefficient (Wildman–Crippen LogP) is 0.201. The molecule has 88 valence electrons. The van der Waals surface area contributed by atoms with Crippen LogP contribution in [0.3, 0.4) is 0 Å². The van der Waals surface area contributed by atoms with Gasteiger partial charge in [0.15, 0.2) is 0 Å². The highest BCUT2D eigenvalue weighted by Crippen LogP contribution is 2.07. The molecular formula is C9H13N3O2S2. The molecule has 0 aromatic carbocycles. The highest BCUT2D eigenvalue weighted by Gasteiger charge is 2.07. The molecule has 5 nitrogen and oxygen atoms in total. The Hall–Kier alpha value is -1.05. The Morgan fingerprint density at radius 2 is 2.25 bits per heavy atom. The predicted molar refractivity (Wildman–Crippen MR) is 66.3 cm³/mol. The van der Waals surface area contributed by atoms with Crippen molar-refractivity contribution in [2.45, 2.75) is 0 Å². The highest BCUT2D eigenvalue weighted by atomic mass is 32.2. The second kappa shape index (κ2) is 7.26. The SMILES string of the molecule is NCCSCC(=O)NNC(=O)c1cccs1. The van der Waals surface area contributed by atoms with Crippen LogP contribution in [0, 0.1) is 0 Å². The molecule has 0 aliphatic rings. The molecule has 0 radical (unpaired) electrons. The Balaban J connectivity index is 2.19. The first-order valence-corrected chi connectivity index (χ1v) is 6.68. The smallest absolute Gasteiger partial charge is 0.279 e. The summed E-state index contributed by atoms with van der Waals surface area (Å²) < 4.78 is 0. The molecule has 1 aromatic rings. The van der Waals surface area contributed by atoms with Crippen molar-refractivity contribution < 1.29 is 9.59 Å². The van der Waals surface area contributed by atoms with Gasteiger partial charge < -0.3 is 5.73 Å². The van der Waals surface area contributed by atoms with Crippen molar-refractivity contribution in [3.8, 4) is 0 Å². The van der Waals surface area contributed by atoms with E-state index in [0.717, 1.165) is 5.75 Å². The molecule has 0 bridgehead atoms. The van der Waals surface area contributed by atoms with Crippen LogP contribution in [0.4, 0.5) is 0 Å². The highest BCUT2D eigenvalue weighted by molar-refractivity contribution is 7.99. The van der Waals surface area contributed by atoms with E-state index < -0.39 is 0 Å². The van der Waals surface area contributed by atoms with Crippen molar-refractivity contribution in [3.05, 3.63) is 22.4 Å². The van der Waals surface area contributed by atoms with Gasteiger partial charge in [0, 0.05) is 12.3 Å². The Bertz CT molecular complexity index is 341. The summed E-state index contributed by atoms with van der Waals surface area (Å²) in [5.74, 6) is 0.490. The number of carbonyl (C=O) groups is 2. The Kier molecular flexibility index (Phi) is 5.91. The average Bonchev–Trinajstić information content (AvgIpc) is 2.79. The lowest BCUT2D eigenvalue weighted by atomic mass is 10.4. The largest absolute Gasteiger partial charge is 0.330 e. The summed E-state index contributed by atoms with van der Waals surface area (Å²) in [6, 6.07) is 3.47. The normalized spacial score (nSPS) is 9.81. The summed E-state index contributed by atoms with van der Waals surface area (Å²) in [6.07, 6.45) is 0. The van der Waals surface area contributed by atoms with Crippen LogP contribution in [0.2, 0.25) is 0 Å². The molecule has 2 amide bonds. The Morgan fingerprint density at radius 1 is 1.44 bits per heavy atom. The van der Waals surface area contributed by atoms with Crippen molar-refractivity contribution in [3.63, 3.8) is 0 Å². The van der Waals surface area contributed by atoms with E-state index in [4.69, 9.17) is 5.73 Å². The van der Waals surface area contributed by atoms with E-state index in [-0.39, 0.29) is 11.8 Å². The summed E-state index contributed by atoms with van der Waals surface area (Å²) in [7, 11) is 0. The molecule has 1 aromatic heterocycles. The Labute approximate surface area is 102 Å². The standard InChI is InChI=1S/C9H13N3O2S2/c10-3-5-15-6-8(13)11-12-9(14)7-2-1-4-16-7/h1-2,4H,3,5-6,10H2,(H,11,13)(H,12,14). The van der Waals surface area contributed by atoms with Gasteiger partial charge in [0.2, 0.25) is 5.91 Å². The molecular weight excluding hydrogens is 246 g/mol. The minimum absolute atomic E-state index is 0.233. The molecule has 0 saturated carbocycles. The monoisotopic (exact) mass is 259 g/mol. The van der Waals surface area contributed by atoms with Gasteiger partial charge in [0.05, 0.1) is 10.6 Å². The van der Waals surface area contributed by atoms with E-state index in [1.54, 1.807) is 17.5 Å². The van der Waals surface area contributed by atoms with E-state index in [9.17, 15) is 9.59 Å². The molecule has 0 spiro atoms. The van der Waals surface area contributed by atoms with Crippen molar-refractivity contribution in [2.75, 3.05) is 18.1 Å². The van der Waals surface area contributed by atoms with Crippen LogP contribution in [0.1, 0.15) is 9.67 Å². The summed E-state index contributed by atoms with van der Waals surface area (Å²) in [6.45, 7) is 0.541. The van der Waals surface area contributed by atoms with E-state index >= 15 is 0 Å².